The fourth-order valence-corrected chi connectivity index (χ4v) is 16.2. The van der Waals surface area contributed by atoms with Crippen molar-refractivity contribution in [2.45, 2.75) is 116 Å². The van der Waals surface area contributed by atoms with Gasteiger partial charge in [0.25, 0.3) is 0 Å². The molecule has 0 spiro atoms. The Morgan fingerprint density at radius 1 is 0.714 bits per heavy atom. The number of esters is 2. The number of ether oxygens (including phenoxy) is 2. The van der Waals surface area contributed by atoms with Crippen LogP contribution in [-0.4, -0.2) is 53.0 Å². The topological polar surface area (TPSA) is 69.7 Å². The van der Waals surface area contributed by atoms with Gasteiger partial charge in [0, 0.05) is 0 Å². The van der Waals surface area contributed by atoms with E-state index < -0.39 is 37.3 Å². The Bertz CT molecular complexity index is 1390. The molecule has 9 atom stereocenters. The fraction of sp³-hybridized carbons (Fsp3) is 0.643. The van der Waals surface area contributed by atoms with Gasteiger partial charge in [-0.05, 0) is 0 Å². The van der Waals surface area contributed by atoms with Crippen molar-refractivity contribution >= 4 is 45.2 Å². The van der Waals surface area contributed by atoms with Crippen molar-refractivity contribution in [3.8, 4) is 0 Å². The molecule has 0 saturated heterocycles. The molecule has 2 aromatic rings. The van der Waals surface area contributed by atoms with Gasteiger partial charge in [0.1, 0.15) is 0 Å². The van der Waals surface area contributed by atoms with Crippen LogP contribution < -0.4 is 4.46 Å². The van der Waals surface area contributed by atoms with Gasteiger partial charge < -0.3 is 0 Å². The van der Waals surface area contributed by atoms with Crippen molar-refractivity contribution in [3.63, 3.8) is 0 Å². The number of hydrogen-bond acceptors (Lipinski definition) is 5. The normalized spacial score (nSPS) is 30.4. The molecule has 0 aromatic heterocycles. The molecule has 3 saturated carbocycles. The van der Waals surface area contributed by atoms with Crippen molar-refractivity contribution in [1.29, 1.82) is 0 Å². The molecule has 3 aliphatic carbocycles. The third-order valence-corrected chi connectivity index (χ3v) is 21.3. The third kappa shape index (κ3) is 8.15. The Hall–Kier alpha value is -2.21. The van der Waals surface area contributed by atoms with Crippen molar-refractivity contribution in [2.24, 2.45) is 52.8 Å². The number of carbonyl (C=O) groups excluding carboxylic acids is 3. The van der Waals surface area contributed by atoms with Gasteiger partial charge in [0.15, 0.2) is 0 Å². The first-order chi connectivity index (χ1) is 23.2. The number of ketones is 1. The number of rotatable bonds is 12. The predicted octanol–water partition coefficient (Wildman–Crippen LogP) is 8.81. The minimum atomic E-state index is -2.07. The van der Waals surface area contributed by atoms with Crippen LogP contribution in [0.15, 0.2) is 60.7 Å². The average Bonchev–Trinajstić information content (AvgIpc) is 3.74. The molecule has 3 fully saturated rings. The van der Waals surface area contributed by atoms with E-state index in [2.05, 4.69) is 85.4 Å². The van der Waals surface area contributed by atoms with Gasteiger partial charge in [-0.1, -0.05) is 0 Å². The molecule has 7 heteroatoms. The molecule has 268 valence electrons. The molecule has 0 aliphatic heterocycles. The van der Waals surface area contributed by atoms with E-state index in [1.165, 1.54) is 4.46 Å². The summed E-state index contributed by atoms with van der Waals surface area (Å²) in [4.78, 5) is 45.2. The predicted molar refractivity (Wildman–Crippen MR) is 202 cm³/mol. The molecule has 0 radical (unpaired) electrons. The second-order valence-electron chi connectivity index (χ2n) is 17.4. The summed E-state index contributed by atoms with van der Waals surface area (Å²) < 4.78 is 14.6. The summed E-state index contributed by atoms with van der Waals surface area (Å²) >= 11 is -0.0619. The zero-order chi connectivity index (χ0) is 35.7. The standard InChI is InChI=1S/C42H60O5SeSi/c1-26(2)32-22-20-28(5)24-34(32)46-40(44)42(41(45)47-35-25-29(6)21-23-33(35)27(3)4)36(38(43)30-16-12-10-13-17-30)37(42)39(49(7,8)9)48-31-18-14-11-15-19-31/h10-19,26-29,32-37,39H,20-25H2,1-9H3/t28-,29-,32+,33+,34-,35-,36+,37-,39-/m1/s1. The van der Waals surface area contributed by atoms with Gasteiger partial charge in [0.05, 0.1) is 0 Å². The summed E-state index contributed by atoms with van der Waals surface area (Å²) in [6, 6.07) is 19.7. The quantitative estimate of drug-likeness (QED) is 0.0939. The van der Waals surface area contributed by atoms with Crippen molar-refractivity contribution in [2.75, 3.05) is 0 Å². The number of carbonyl (C=O) groups is 3. The van der Waals surface area contributed by atoms with Crippen molar-refractivity contribution in [3.05, 3.63) is 66.2 Å². The van der Waals surface area contributed by atoms with Crippen molar-refractivity contribution < 1.29 is 23.9 Å². The summed E-state index contributed by atoms with van der Waals surface area (Å²) in [5.41, 5.74) is -1.11. The van der Waals surface area contributed by atoms with Gasteiger partial charge in [0.2, 0.25) is 0 Å². The molecule has 0 amide bonds. The minimum absolute atomic E-state index is 0.0394. The molecular formula is C42H60O5SeSi. The van der Waals surface area contributed by atoms with Crippen LogP contribution in [0.5, 0.6) is 0 Å². The summed E-state index contributed by atoms with van der Waals surface area (Å²) in [5, 5.41) is 0. The maximum absolute atomic E-state index is 15.2. The molecule has 2 aromatic carbocycles. The van der Waals surface area contributed by atoms with E-state index in [1.807, 2.05) is 36.4 Å². The van der Waals surface area contributed by atoms with E-state index >= 15 is 9.59 Å². The molecule has 0 unspecified atom stereocenters. The van der Waals surface area contributed by atoms with Crippen LogP contribution in [0.25, 0.3) is 0 Å². The van der Waals surface area contributed by atoms with Crippen LogP contribution in [0, 0.1) is 52.8 Å². The zero-order valence-electron chi connectivity index (χ0n) is 31.3. The Balaban J connectivity index is 1.64. The third-order valence-electron chi connectivity index (χ3n) is 11.9. The van der Waals surface area contributed by atoms with Gasteiger partial charge in [-0.3, -0.25) is 0 Å². The molecule has 5 nitrogen and oxygen atoms in total. The fourth-order valence-electron chi connectivity index (χ4n) is 8.99. The maximum atomic E-state index is 15.2. The Labute approximate surface area is 303 Å². The second kappa shape index (κ2) is 15.6. The molecule has 5 rings (SSSR count). The zero-order valence-corrected chi connectivity index (χ0v) is 34.0. The summed E-state index contributed by atoms with van der Waals surface area (Å²) in [6.07, 6.45) is 5.20. The monoisotopic (exact) mass is 752 g/mol. The summed E-state index contributed by atoms with van der Waals surface area (Å²) in [5.74, 6) is -0.456. The van der Waals surface area contributed by atoms with Crippen molar-refractivity contribution in [1.82, 2.24) is 0 Å². The SMILES string of the molecule is CC(C)[C@@H]1CC[C@@H](C)C[C@H]1OC(=O)C1(C(=O)O[C@@H]2C[C@H](C)CC[C@H]2C(C)C)[C@@H]([C@H]([Se]c2ccccc2)[Si](C)(C)C)[C@H]1C(=O)c1ccccc1. The molecule has 49 heavy (non-hydrogen) atoms. The van der Waals surface area contributed by atoms with E-state index in [4.69, 9.17) is 9.47 Å². The van der Waals surface area contributed by atoms with E-state index in [-0.39, 0.29) is 49.2 Å². The first-order valence-electron chi connectivity index (χ1n) is 18.9. The molecule has 0 bridgehead atoms. The average molecular weight is 752 g/mol. The molecule has 0 heterocycles. The Morgan fingerprint density at radius 2 is 1.16 bits per heavy atom. The molecule has 0 N–H and O–H groups in total. The number of hydrogen-bond donors (Lipinski definition) is 0. The number of Topliss-reactive ketones (excluding diaryl/α,β-unsaturated/α-hetero) is 1. The van der Waals surface area contributed by atoms with E-state index in [9.17, 15) is 4.79 Å². The second-order valence-corrected chi connectivity index (χ2v) is 26.2. The van der Waals surface area contributed by atoms with Crippen LogP contribution in [0.4, 0.5) is 0 Å². The van der Waals surface area contributed by atoms with Crippen LogP contribution in [-0.2, 0) is 19.1 Å². The molecular weight excluding hydrogens is 692 g/mol. The first kappa shape index (κ1) is 38.0. The first-order valence-corrected chi connectivity index (χ1v) is 24.3. The van der Waals surface area contributed by atoms with E-state index in [1.54, 1.807) is 0 Å². The van der Waals surface area contributed by atoms with Crippen LogP contribution in [0.1, 0.15) is 90.4 Å². The molecule has 3 aliphatic rings. The number of benzene rings is 2. The van der Waals surface area contributed by atoms with Gasteiger partial charge in [-0.2, -0.15) is 0 Å². The summed E-state index contributed by atoms with van der Waals surface area (Å²) in [7, 11) is -2.07. The Kier molecular flexibility index (Phi) is 12.1. The van der Waals surface area contributed by atoms with E-state index in [0.29, 0.717) is 29.2 Å². The van der Waals surface area contributed by atoms with Gasteiger partial charge in [-0.25, -0.2) is 0 Å². The summed E-state index contributed by atoms with van der Waals surface area (Å²) in [6.45, 7) is 20.2. The Morgan fingerprint density at radius 3 is 1.59 bits per heavy atom. The van der Waals surface area contributed by atoms with Crippen LogP contribution in [0.2, 0.25) is 24.1 Å². The van der Waals surface area contributed by atoms with Crippen LogP contribution >= 0.6 is 0 Å². The van der Waals surface area contributed by atoms with Gasteiger partial charge >= 0.3 is 304 Å². The van der Waals surface area contributed by atoms with Crippen LogP contribution in [0.3, 0.4) is 0 Å². The van der Waals surface area contributed by atoms with E-state index in [0.717, 1.165) is 38.5 Å². The van der Waals surface area contributed by atoms with Gasteiger partial charge in [-0.15, -0.1) is 0 Å².